The maximum atomic E-state index is 10.6. The van der Waals surface area contributed by atoms with Crippen LogP contribution in [0.1, 0.15) is 36.7 Å². The number of carbonyl (C=O) groups is 1. The Kier molecular flexibility index (Phi) is 2.77. The van der Waals surface area contributed by atoms with Gasteiger partial charge in [0, 0.05) is 5.56 Å². The van der Waals surface area contributed by atoms with Gasteiger partial charge in [-0.2, -0.15) is 0 Å². The van der Waals surface area contributed by atoms with Crippen molar-refractivity contribution in [3.8, 4) is 0 Å². The molecule has 13 heavy (non-hydrogen) atoms. The molecule has 70 valence electrons. The Balaban J connectivity index is 3.32. The summed E-state index contributed by atoms with van der Waals surface area (Å²) in [6, 6.07) is 5.54. The number of hydrogen-bond donors (Lipinski definition) is 0. The molecule has 0 aromatic heterocycles. The van der Waals surface area contributed by atoms with Crippen LogP contribution in [-0.4, -0.2) is 6.29 Å². The minimum atomic E-state index is -0.0178. The molecule has 0 radical (unpaired) electrons. The molecule has 1 aromatic rings. The lowest BCUT2D eigenvalue weighted by atomic mass is 9.86. The number of rotatable bonds is 1. The molecule has 0 spiro atoms. The molecule has 0 bridgehead atoms. The molecule has 0 N–H and O–H groups in total. The van der Waals surface area contributed by atoms with E-state index in [9.17, 15) is 4.79 Å². The van der Waals surface area contributed by atoms with Gasteiger partial charge in [0.25, 0.3) is 0 Å². The monoisotopic (exact) mass is 196 g/mol. The summed E-state index contributed by atoms with van der Waals surface area (Å²) in [6.07, 6.45) is 0.789. The maximum absolute atomic E-state index is 10.6. The third kappa shape index (κ3) is 2.10. The van der Waals surface area contributed by atoms with Gasteiger partial charge in [0.05, 0.1) is 5.02 Å². The number of hydrogen-bond acceptors (Lipinski definition) is 1. The summed E-state index contributed by atoms with van der Waals surface area (Å²) in [5.41, 5.74) is 1.56. The number of benzene rings is 1. The van der Waals surface area contributed by atoms with Crippen LogP contribution in [0.3, 0.4) is 0 Å². The van der Waals surface area contributed by atoms with Crippen molar-refractivity contribution in [2.24, 2.45) is 0 Å². The Labute approximate surface area is 83.7 Å². The van der Waals surface area contributed by atoms with E-state index in [-0.39, 0.29) is 5.41 Å². The van der Waals surface area contributed by atoms with E-state index in [0.29, 0.717) is 10.6 Å². The fourth-order valence-electron chi connectivity index (χ4n) is 1.22. The second kappa shape index (κ2) is 3.51. The van der Waals surface area contributed by atoms with Crippen LogP contribution in [0.15, 0.2) is 18.2 Å². The van der Waals surface area contributed by atoms with Gasteiger partial charge in [0.2, 0.25) is 0 Å². The molecule has 0 heterocycles. The fourth-order valence-corrected chi connectivity index (χ4v) is 1.67. The van der Waals surface area contributed by atoms with E-state index in [1.54, 1.807) is 6.07 Å². The van der Waals surface area contributed by atoms with Crippen LogP contribution in [0.5, 0.6) is 0 Å². The number of halogens is 1. The third-order valence-corrected chi connectivity index (χ3v) is 2.39. The summed E-state index contributed by atoms with van der Waals surface area (Å²) in [6.45, 7) is 6.22. The third-order valence-electron chi connectivity index (χ3n) is 1.96. The van der Waals surface area contributed by atoms with Crippen molar-refractivity contribution in [3.05, 3.63) is 34.3 Å². The van der Waals surface area contributed by atoms with Gasteiger partial charge in [-0.3, -0.25) is 4.79 Å². The minimum Gasteiger partial charge on any atom is -0.298 e. The molecule has 1 rings (SSSR count). The van der Waals surface area contributed by atoms with Crippen LogP contribution in [0.25, 0.3) is 0 Å². The van der Waals surface area contributed by atoms with Crippen molar-refractivity contribution in [2.45, 2.75) is 26.2 Å². The first kappa shape index (κ1) is 10.3. The first-order valence-electron chi connectivity index (χ1n) is 4.21. The molecule has 0 fully saturated rings. The molecule has 1 aromatic carbocycles. The lowest BCUT2D eigenvalue weighted by molar-refractivity contribution is 0.112. The quantitative estimate of drug-likeness (QED) is 0.629. The topological polar surface area (TPSA) is 17.1 Å². The van der Waals surface area contributed by atoms with E-state index < -0.39 is 0 Å². The van der Waals surface area contributed by atoms with Crippen LogP contribution in [0, 0.1) is 0 Å². The van der Waals surface area contributed by atoms with Gasteiger partial charge in [0.1, 0.15) is 0 Å². The molecule has 2 heteroatoms. The van der Waals surface area contributed by atoms with Crippen LogP contribution < -0.4 is 0 Å². The summed E-state index contributed by atoms with van der Waals surface area (Å²) in [4.78, 5) is 10.6. The Morgan fingerprint density at radius 2 is 1.92 bits per heavy atom. The van der Waals surface area contributed by atoms with Crippen LogP contribution in [0.4, 0.5) is 0 Å². The van der Waals surface area contributed by atoms with Gasteiger partial charge in [0.15, 0.2) is 6.29 Å². The fraction of sp³-hybridized carbons (Fsp3) is 0.364. The van der Waals surface area contributed by atoms with Gasteiger partial charge < -0.3 is 0 Å². The zero-order valence-electron chi connectivity index (χ0n) is 8.10. The highest BCUT2D eigenvalue weighted by atomic mass is 35.5. The molecular formula is C11H13ClO. The zero-order chi connectivity index (χ0) is 10.1. The molecule has 0 saturated carbocycles. The van der Waals surface area contributed by atoms with E-state index in [1.807, 2.05) is 12.1 Å². The largest absolute Gasteiger partial charge is 0.298 e. The molecular weight excluding hydrogens is 184 g/mol. The van der Waals surface area contributed by atoms with E-state index >= 15 is 0 Å². The molecule has 0 unspecified atom stereocenters. The Bertz CT molecular complexity index is 323. The lowest BCUT2D eigenvalue weighted by Gasteiger charge is -2.20. The SMILES string of the molecule is CC(C)(C)c1cccc(C=O)c1Cl. The predicted molar refractivity (Wildman–Crippen MR) is 55.5 cm³/mol. The summed E-state index contributed by atoms with van der Waals surface area (Å²) in [5.74, 6) is 0. The van der Waals surface area contributed by atoms with Crippen LogP contribution in [0.2, 0.25) is 5.02 Å². The Morgan fingerprint density at radius 1 is 1.31 bits per heavy atom. The van der Waals surface area contributed by atoms with E-state index in [2.05, 4.69) is 20.8 Å². The van der Waals surface area contributed by atoms with Crippen LogP contribution >= 0.6 is 11.6 Å². The smallest absolute Gasteiger partial charge is 0.151 e. The van der Waals surface area contributed by atoms with Gasteiger partial charge in [-0.25, -0.2) is 0 Å². The van der Waals surface area contributed by atoms with Crippen molar-refractivity contribution < 1.29 is 4.79 Å². The zero-order valence-corrected chi connectivity index (χ0v) is 8.85. The molecule has 0 saturated heterocycles. The van der Waals surface area contributed by atoms with Gasteiger partial charge in [-0.05, 0) is 11.0 Å². The molecule has 0 aliphatic carbocycles. The Morgan fingerprint density at radius 3 is 2.38 bits per heavy atom. The van der Waals surface area contributed by atoms with Crippen LogP contribution in [-0.2, 0) is 5.41 Å². The van der Waals surface area contributed by atoms with E-state index in [1.165, 1.54) is 0 Å². The van der Waals surface area contributed by atoms with Crippen molar-refractivity contribution in [1.29, 1.82) is 0 Å². The standard InChI is InChI=1S/C11H13ClO/c1-11(2,3)9-6-4-5-8(7-13)10(9)12/h4-7H,1-3H3. The normalized spacial score (nSPS) is 11.4. The van der Waals surface area contributed by atoms with Gasteiger partial charge >= 0.3 is 0 Å². The maximum Gasteiger partial charge on any atom is 0.151 e. The van der Waals surface area contributed by atoms with Gasteiger partial charge in [-0.1, -0.05) is 50.6 Å². The minimum absolute atomic E-state index is 0.0178. The highest BCUT2D eigenvalue weighted by Gasteiger charge is 2.18. The van der Waals surface area contributed by atoms with Crippen molar-refractivity contribution in [2.75, 3.05) is 0 Å². The van der Waals surface area contributed by atoms with E-state index in [4.69, 9.17) is 11.6 Å². The molecule has 1 nitrogen and oxygen atoms in total. The van der Waals surface area contributed by atoms with Gasteiger partial charge in [-0.15, -0.1) is 0 Å². The molecule has 0 atom stereocenters. The summed E-state index contributed by atoms with van der Waals surface area (Å²) in [7, 11) is 0. The lowest BCUT2D eigenvalue weighted by Crippen LogP contribution is -2.12. The second-order valence-corrected chi connectivity index (χ2v) is 4.45. The average Bonchev–Trinajstić information content (AvgIpc) is 2.02. The summed E-state index contributed by atoms with van der Waals surface area (Å²) in [5, 5.41) is 0.574. The molecule has 0 aliphatic rings. The first-order valence-corrected chi connectivity index (χ1v) is 4.59. The first-order chi connectivity index (χ1) is 5.96. The molecule has 0 amide bonds. The summed E-state index contributed by atoms with van der Waals surface area (Å²) >= 11 is 6.06. The second-order valence-electron chi connectivity index (χ2n) is 4.08. The van der Waals surface area contributed by atoms with Crippen molar-refractivity contribution in [3.63, 3.8) is 0 Å². The number of carbonyl (C=O) groups excluding carboxylic acids is 1. The highest BCUT2D eigenvalue weighted by Crippen LogP contribution is 2.30. The number of aldehydes is 1. The highest BCUT2D eigenvalue weighted by molar-refractivity contribution is 6.33. The van der Waals surface area contributed by atoms with E-state index in [0.717, 1.165) is 11.8 Å². The predicted octanol–water partition coefficient (Wildman–Crippen LogP) is 3.45. The molecule has 0 aliphatic heterocycles. The Hall–Kier alpha value is -0.820. The average molecular weight is 197 g/mol. The summed E-state index contributed by atoms with van der Waals surface area (Å²) < 4.78 is 0. The van der Waals surface area contributed by atoms with Crippen molar-refractivity contribution in [1.82, 2.24) is 0 Å². The van der Waals surface area contributed by atoms with Crippen molar-refractivity contribution >= 4 is 17.9 Å².